The lowest BCUT2D eigenvalue weighted by Crippen LogP contribution is -2.38. The highest BCUT2D eigenvalue weighted by Gasteiger charge is 2.41. The number of fused-ring (bicyclic) bond motifs is 1. The highest BCUT2D eigenvalue weighted by Crippen LogP contribution is 2.48. The van der Waals surface area contributed by atoms with E-state index in [9.17, 15) is 9.59 Å². The van der Waals surface area contributed by atoms with Gasteiger partial charge < -0.3 is 10.1 Å². The average Bonchev–Trinajstić information content (AvgIpc) is 3.08. The van der Waals surface area contributed by atoms with Gasteiger partial charge in [0.2, 0.25) is 5.91 Å². The van der Waals surface area contributed by atoms with Gasteiger partial charge in [0.1, 0.15) is 5.75 Å². The second-order valence-electron chi connectivity index (χ2n) is 10.4. The second kappa shape index (κ2) is 11.3. The van der Waals surface area contributed by atoms with Crippen LogP contribution < -0.4 is 15.0 Å². The van der Waals surface area contributed by atoms with Crippen LogP contribution in [0.4, 0.5) is 11.4 Å². The monoisotopic (exact) mass is 508 g/mol. The first-order valence-corrected chi connectivity index (χ1v) is 13.6. The number of benzene rings is 3. The predicted octanol–water partition coefficient (Wildman–Crippen LogP) is 7.48. The van der Waals surface area contributed by atoms with Crippen LogP contribution in [0.15, 0.2) is 84.1 Å². The molecule has 1 amide bonds. The number of methoxy groups -OCH3 is 1. The normalized spacial score (nSPS) is 18.8. The van der Waals surface area contributed by atoms with E-state index < -0.39 is 6.04 Å². The van der Waals surface area contributed by atoms with Crippen molar-refractivity contribution in [2.75, 3.05) is 17.3 Å². The summed E-state index contributed by atoms with van der Waals surface area (Å²) in [5.74, 6) is 0.960. The molecule has 0 aromatic heterocycles. The number of ether oxygens (including phenoxy) is 1. The number of hydrogen-bond donors (Lipinski definition) is 1. The van der Waals surface area contributed by atoms with Gasteiger partial charge in [0.05, 0.1) is 24.5 Å². The Labute approximate surface area is 225 Å². The molecule has 0 saturated carbocycles. The average molecular weight is 509 g/mol. The van der Waals surface area contributed by atoms with E-state index in [-0.39, 0.29) is 17.6 Å². The molecule has 3 aromatic rings. The minimum atomic E-state index is -0.509. The zero-order chi connectivity index (χ0) is 26.6. The number of aryl methyl sites for hydroxylation is 1. The van der Waals surface area contributed by atoms with Crippen LogP contribution in [0.25, 0.3) is 0 Å². The first-order valence-electron chi connectivity index (χ1n) is 13.6. The van der Waals surface area contributed by atoms with Gasteiger partial charge in [-0.25, -0.2) is 0 Å². The fourth-order valence-corrected chi connectivity index (χ4v) is 5.73. The number of anilines is 2. The van der Waals surface area contributed by atoms with Gasteiger partial charge >= 0.3 is 0 Å². The number of carbonyl (C=O) groups excluding carboxylic acids is 2. The summed E-state index contributed by atoms with van der Waals surface area (Å²) in [7, 11) is 1.64. The van der Waals surface area contributed by atoms with Crippen LogP contribution in [0, 0.1) is 6.92 Å². The van der Waals surface area contributed by atoms with Crippen molar-refractivity contribution in [3.63, 3.8) is 0 Å². The van der Waals surface area contributed by atoms with Crippen molar-refractivity contribution < 1.29 is 14.3 Å². The van der Waals surface area contributed by atoms with Gasteiger partial charge in [-0.15, -0.1) is 0 Å². The van der Waals surface area contributed by atoms with E-state index in [0.717, 1.165) is 58.8 Å². The molecule has 1 aliphatic carbocycles. The van der Waals surface area contributed by atoms with Gasteiger partial charge in [0, 0.05) is 24.1 Å². The van der Waals surface area contributed by atoms with Crippen molar-refractivity contribution in [1.82, 2.24) is 0 Å². The standard InChI is InChI=1S/C33H36N2O3/c1-4-5-7-12-31(37)35-29-19-22(2)13-18-27(29)34-28-20-25(23-10-8-6-9-11-23)21-30(36)32(28)33(35)24-14-16-26(38-3)17-15-24/h6,8-11,13-19,25,33-34H,4-5,7,12,20-21H2,1-3H3/t25-,33+/m1/s1. The smallest absolute Gasteiger partial charge is 0.227 e. The Morgan fingerprint density at radius 2 is 1.74 bits per heavy atom. The molecule has 0 spiro atoms. The van der Waals surface area contributed by atoms with Crippen molar-refractivity contribution in [3.05, 3.63) is 101 Å². The van der Waals surface area contributed by atoms with Crippen LogP contribution >= 0.6 is 0 Å². The lowest BCUT2D eigenvalue weighted by molar-refractivity contribution is -0.119. The summed E-state index contributed by atoms with van der Waals surface area (Å²) in [6, 6.07) is 23.7. The van der Waals surface area contributed by atoms with Crippen molar-refractivity contribution in [2.45, 2.75) is 64.3 Å². The van der Waals surface area contributed by atoms with E-state index in [2.05, 4.69) is 36.5 Å². The van der Waals surface area contributed by atoms with Crippen LogP contribution in [0.1, 0.15) is 74.1 Å². The van der Waals surface area contributed by atoms with Crippen LogP contribution in [-0.2, 0) is 9.59 Å². The molecule has 0 bridgehead atoms. The molecule has 38 heavy (non-hydrogen) atoms. The Bertz CT molecular complexity index is 1340. The molecule has 2 atom stereocenters. The number of allylic oxidation sites excluding steroid dienone is 1. The maximum Gasteiger partial charge on any atom is 0.227 e. The van der Waals surface area contributed by atoms with Crippen molar-refractivity contribution in [3.8, 4) is 5.75 Å². The number of rotatable bonds is 7. The summed E-state index contributed by atoms with van der Waals surface area (Å²) in [5.41, 5.74) is 6.43. The molecule has 1 heterocycles. The first kappa shape index (κ1) is 25.8. The fraction of sp³-hybridized carbons (Fsp3) is 0.333. The van der Waals surface area contributed by atoms with E-state index in [0.29, 0.717) is 24.8 Å². The lowest BCUT2D eigenvalue weighted by Gasteiger charge is -2.35. The molecule has 196 valence electrons. The quantitative estimate of drug-likeness (QED) is 0.336. The summed E-state index contributed by atoms with van der Waals surface area (Å²) in [6.07, 6.45) is 4.44. The molecule has 2 aliphatic rings. The van der Waals surface area contributed by atoms with Crippen LogP contribution in [-0.4, -0.2) is 18.8 Å². The Morgan fingerprint density at radius 3 is 2.45 bits per heavy atom. The summed E-state index contributed by atoms with van der Waals surface area (Å²) < 4.78 is 5.41. The molecular weight excluding hydrogens is 472 g/mol. The first-order chi connectivity index (χ1) is 18.5. The van der Waals surface area contributed by atoms with Crippen molar-refractivity contribution >= 4 is 23.1 Å². The number of ketones is 1. The van der Waals surface area contributed by atoms with Gasteiger partial charge in [-0.1, -0.05) is 68.3 Å². The molecule has 1 N–H and O–H groups in total. The van der Waals surface area contributed by atoms with E-state index in [1.165, 1.54) is 0 Å². The third-order valence-corrected chi connectivity index (χ3v) is 7.70. The summed E-state index contributed by atoms with van der Waals surface area (Å²) in [6.45, 7) is 4.18. The number of amides is 1. The fourth-order valence-electron chi connectivity index (χ4n) is 5.73. The minimum absolute atomic E-state index is 0.0413. The third-order valence-electron chi connectivity index (χ3n) is 7.70. The van der Waals surface area contributed by atoms with Crippen LogP contribution in [0.2, 0.25) is 0 Å². The van der Waals surface area contributed by atoms with E-state index >= 15 is 0 Å². The molecule has 0 unspecified atom stereocenters. The number of nitrogens with one attached hydrogen (secondary N) is 1. The molecular formula is C33H36N2O3. The second-order valence-corrected chi connectivity index (χ2v) is 10.4. The molecule has 5 nitrogen and oxygen atoms in total. The number of nitrogens with zero attached hydrogens (tertiary/aromatic N) is 1. The molecule has 0 saturated heterocycles. The number of hydrogen-bond acceptors (Lipinski definition) is 4. The Morgan fingerprint density at radius 1 is 0.974 bits per heavy atom. The minimum Gasteiger partial charge on any atom is -0.497 e. The van der Waals surface area contributed by atoms with E-state index in [1.54, 1.807) is 7.11 Å². The van der Waals surface area contributed by atoms with Gasteiger partial charge in [0.25, 0.3) is 0 Å². The highest BCUT2D eigenvalue weighted by molar-refractivity contribution is 6.06. The number of Topliss-reactive ketones (excluding diaryl/α,β-unsaturated/α-hetero) is 1. The topological polar surface area (TPSA) is 58.6 Å². The Balaban J connectivity index is 1.68. The maximum atomic E-state index is 14.1. The zero-order valence-corrected chi connectivity index (χ0v) is 22.5. The van der Waals surface area contributed by atoms with E-state index in [1.807, 2.05) is 60.4 Å². The van der Waals surface area contributed by atoms with Gasteiger partial charge in [-0.3, -0.25) is 14.5 Å². The largest absolute Gasteiger partial charge is 0.497 e. The zero-order valence-electron chi connectivity index (χ0n) is 22.5. The summed E-state index contributed by atoms with van der Waals surface area (Å²) in [4.78, 5) is 30.0. The van der Waals surface area contributed by atoms with Gasteiger partial charge in [-0.05, 0) is 66.6 Å². The molecule has 3 aromatic carbocycles. The van der Waals surface area contributed by atoms with Crippen molar-refractivity contribution in [1.29, 1.82) is 0 Å². The molecule has 0 fully saturated rings. The number of unbranched alkanes of at least 4 members (excludes halogenated alkanes) is 2. The maximum absolute atomic E-state index is 14.1. The predicted molar refractivity (Wildman–Crippen MR) is 153 cm³/mol. The van der Waals surface area contributed by atoms with Crippen molar-refractivity contribution in [2.24, 2.45) is 0 Å². The Hall–Kier alpha value is -3.86. The SMILES string of the molecule is CCCCCC(=O)N1c2cc(C)ccc2NC2=C(C(=O)C[C@H](c3ccccc3)C2)[C@@H]1c1ccc(OC)cc1. The summed E-state index contributed by atoms with van der Waals surface area (Å²) >= 11 is 0. The van der Waals surface area contributed by atoms with Crippen LogP contribution in [0.3, 0.4) is 0 Å². The van der Waals surface area contributed by atoms with Gasteiger partial charge in [-0.2, -0.15) is 0 Å². The highest BCUT2D eigenvalue weighted by atomic mass is 16.5. The lowest BCUT2D eigenvalue weighted by atomic mass is 9.78. The van der Waals surface area contributed by atoms with E-state index in [4.69, 9.17) is 4.74 Å². The third kappa shape index (κ3) is 5.10. The van der Waals surface area contributed by atoms with Crippen LogP contribution in [0.5, 0.6) is 5.75 Å². The van der Waals surface area contributed by atoms with Gasteiger partial charge in [0.15, 0.2) is 5.78 Å². The number of carbonyl (C=O) groups is 2. The molecule has 1 aliphatic heterocycles. The molecule has 5 heteroatoms. The molecule has 0 radical (unpaired) electrons. The summed E-state index contributed by atoms with van der Waals surface area (Å²) in [5, 5.41) is 3.63. The Kier molecular flexibility index (Phi) is 7.64. The molecule has 5 rings (SSSR count).